The maximum absolute atomic E-state index is 12.4. The predicted molar refractivity (Wildman–Crippen MR) is 83.1 cm³/mol. The zero-order valence-electron chi connectivity index (χ0n) is 13.6. The molecule has 3 heterocycles. The minimum Gasteiger partial charge on any atom is -0.314 e. The molecule has 0 saturated carbocycles. The molecule has 3 atom stereocenters. The third-order valence-electron chi connectivity index (χ3n) is 4.63. The Labute approximate surface area is 145 Å². The van der Waals surface area contributed by atoms with E-state index in [2.05, 4.69) is 15.1 Å². The minimum absolute atomic E-state index is 0.128. The highest BCUT2D eigenvalue weighted by Gasteiger charge is 2.49. The van der Waals surface area contributed by atoms with Crippen molar-refractivity contribution in [1.29, 1.82) is 0 Å². The van der Waals surface area contributed by atoms with Gasteiger partial charge in [-0.05, 0) is 38.6 Å². The van der Waals surface area contributed by atoms with Gasteiger partial charge in [-0.25, -0.2) is 10.3 Å². The summed E-state index contributed by atoms with van der Waals surface area (Å²) in [6.07, 6.45) is 3.49. The van der Waals surface area contributed by atoms with Crippen molar-refractivity contribution in [3.05, 3.63) is 0 Å². The maximum atomic E-state index is 12.4. The second-order valence-electron chi connectivity index (χ2n) is 6.42. The highest BCUT2D eigenvalue weighted by molar-refractivity contribution is 7.80. The number of amides is 3. The van der Waals surface area contributed by atoms with Gasteiger partial charge in [-0.3, -0.25) is 14.2 Å². The zero-order chi connectivity index (χ0) is 18.0. The summed E-state index contributed by atoms with van der Waals surface area (Å²) in [5.41, 5.74) is 2.42. The fourth-order valence-corrected chi connectivity index (χ4v) is 3.79. The van der Waals surface area contributed by atoms with Crippen molar-refractivity contribution in [3.8, 4) is 0 Å². The van der Waals surface area contributed by atoms with E-state index in [-0.39, 0.29) is 12.6 Å². The van der Waals surface area contributed by atoms with Gasteiger partial charge in [0.1, 0.15) is 6.04 Å². The van der Waals surface area contributed by atoms with E-state index >= 15 is 0 Å². The van der Waals surface area contributed by atoms with Crippen LogP contribution in [0.4, 0.5) is 4.79 Å². The normalized spacial score (nSPS) is 30.3. The Balaban J connectivity index is 1.56. The van der Waals surface area contributed by atoms with Gasteiger partial charge in [0.2, 0.25) is 0 Å². The molecule has 3 aliphatic heterocycles. The third-order valence-corrected chi connectivity index (χ3v) is 4.98. The fraction of sp³-hybridized carbons (Fsp3) is 0.846. The number of rotatable bonds is 5. The van der Waals surface area contributed by atoms with Gasteiger partial charge in [0.05, 0.1) is 12.1 Å². The van der Waals surface area contributed by atoms with E-state index in [0.717, 1.165) is 25.8 Å². The van der Waals surface area contributed by atoms with Crippen molar-refractivity contribution >= 4 is 22.3 Å². The average Bonchev–Trinajstić information content (AvgIpc) is 2.77. The summed E-state index contributed by atoms with van der Waals surface area (Å²) >= 11 is 0. The summed E-state index contributed by atoms with van der Waals surface area (Å²) in [5, 5.41) is 3.83. The second kappa shape index (κ2) is 7.41. The molecule has 3 N–H and O–H groups in total. The van der Waals surface area contributed by atoms with Gasteiger partial charge in [-0.2, -0.15) is 13.5 Å². The standard InChI is InChI=1S/C13H22N4O7S/c18-12(15-23-10-3-1-2-6-14-7-10)11-5-4-9-8-16(11)13(19)17(9)24-25(20,21)22/h9-11,14H,1-8H2,(H,15,18)(H,20,21,22)/t9-,10?,11+/m1/s1. The topological polar surface area (TPSA) is 138 Å². The number of carbonyl (C=O) groups excluding carboxylic acids is 2. The molecule has 142 valence electrons. The number of urea groups is 1. The minimum atomic E-state index is -4.80. The van der Waals surface area contributed by atoms with Crippen LogP contribution in [-0.2, 0) is 24.3 Å². The summed E-state index contributed by atoms with van der Waals surface area (Å²) in [7, 11) is -4.80. The summed E-state index contributed by atoms with van der Waals surface area (Å²) < 4.78 is 34.8. The van der Waals surface area contributed by atoms with Crippen LogP contribution in [0.5, 0.6) is 0 Å². The second-order valence-corrected chi connectivity index (χ2v) is 7.42. The van der Waals surface area contributed by atoms with Crippen LogP contribution in [-0.4, -0.2) is 72.7 Å². The Hall–Kier alpha value is -1.47. The fourth-order valence-electron chi connectivity index (χ4n) is 3.40. The molecule has 3 rings (SSSR count). The van der Waals surface area contributed by atoms with Crippen LogP contribution < -0.4 is 10.8 Å². The van der Waals surface area contributed by atoms with Crippen LogP contribution in [0.25, 0.3) is 0 Å². The SMILES string of the molecule is O=C(NOC1CCCCNC1)[C@@H]1CC[C@@H]2CN1C(=O)N2OS(=O)(=O)O. The first kappa shape index (κ1) is 18.3. The summed E-state index contributed by atoms with van der Waals surface area (Å²) in [5.74, 6) is -0.454. The van der Waals surface area contributed by atoms with E-state index < -0.39 is 34.4 Å². The predicted octanol–water partition coefficient (Wildman–Crippen LogP) is -0.821. The molecule has 0 aromatic rings. The van der Waals surface area contributed by atoms with Gasteiger partial charge in [0, 0.05) is 13.1 Å². The first-order valence-corrected chi connectivity index (χ1v) is 9.65. The Morgan fingerprint density at radius 3 is 2.84 bits per heavy atom. The molecule has 2 bridgehead atoms. The molecule has 0 radical (unpaired) electrons. The number of piperidine rings is 1. The molecule has 3 fully saturated rings. The third kappa shape index (κ3) is 4.39. The molecule has 1 unspecified atom stereocenters. The molecule has 3 saturated heterocycles. The van der Waals surface area contributed by atoms with Gasteiger partial charge >= 0.3 is 16.4 Å². The number of hydroxylamine groups is 3. The number of nitrogens with one attached hydrogen (secondary N) is 2. The van der Waals surface area contributed by atoms with Gasteiger partial charge in [-0.15, -0.1) is 4.28 Å². The molecular weight excluding hydrogens is 356 g/mol. The highest BCUT2D eigenvalue weighted by atomic mass is 32.3. The Kier molecular flexibility index (Phi) is 5.43. The monoisotopic (exact) mass is 378 g/mol. The molecule has 0 aromatic heterocycles. The number of nitrogens with zero attached hydrogens (tertiary/aromatic N) is 2. The molecule has 0 aliphatic carbocycles. The molecule has 3 aliphatic rings. The lowest BCUT2D eigenvalue weighted by Crippen LogP contribution is -2.50. The van der Waals surface area contributed by atoms with E-state index in [1.807, 2.05) is 0 Å². The van der Waals surface area contributed by atoms with E-state index in [9.17, 15) is 18.0 Å². The molecule has 3 amide bonds. The Morgan fingerprint density at radius 2 is 2.08 bits per heavy atom. The molecule has 0 aromatic carbocycles. The molecule has 12 heteroatoms. The summed E-state index contributed by atoms with van der Waals surface area (Å²) in [4.78, 5) is 31.3. The molecule has 25 heavy (non-hydrogen) atoms. The lowest BCUT2D eigenvalue weighted by atomic mass is 10.0. The van der Waals surface area contributed by atoms with Crippen LogP contribution in [0.15, 0.2) is 0 Å². The van der Waals surface area contributed by atoms with Crippen LogP contribution in [0.2, 0.25) is 0 Å². The van der Waals surface area contributed by atoms with Crippen LogP contribution in [0.1, 0.15) is 32.1 Å². The smallest absolute Gasteiger partial charge is 0.314 e. The largest absolute Gasteiger partial charge is 0.418 e. The van der Waals surface area contributed by atoms with Crippen molar-refractivity contribution < 1.29 is 31.7 Å². The van der Waals surface area contributed by atoms with Crippen molar-refractivity contribution in [2.24, 2.45) is 0 Å². The van der Waals surface area contributed by atoms with Gasteiger partial charge in [-0.1, -0.05) is 0 Å². The van der Waals surface area contributed by atoms with Crippen molar-refractivity contribution in [2.45, 2.75) is 50.3 Å². The first-order valence-electron chi connectivity index (χ1n) is 8.28. The lowest BCUT2D eigenvalue weighted by molar-refractivity contribution is -0.143. The average molecular weight is 378 g/mol. The Morgan fingerprint density at radius 1 is 1.28 bits per heavy atom. The van der Waals surface area contributed by atoms with Crippen LogP contribution >= 0.6 is 0 Å². The van der Waals surface area contributed by atoms with Crippen molar-refractivity contribution in [3.63, 3.8) is 0 Å². The number of hydrogen-bond donors (Lipinski definition) is 3. The zero-order valence-corrected chi connectivity index (χ0v) is 14.4. The van der Waals surface area contributed by atoms with Crippen molar-refractivity contribution in [2.75, 3.05) is 19.6 Å². The van der Waals surface area contributed by atoms with Crippen LogP contribution in [0, 0.1) is 0 Å². The number of hydrogen-bond acceptors (Lipinski definition) is 7. The Bertz CT molecular complexity index is 620. The molecule has 0 spiro atoms. The van der Waals surface area contributed by atoms with E-state index in [0.29, 0.717) is 24.4 Å². The number of carbonyl (C=O) groups is 2. The maximum Gasteiger partial charge on any atom is 0.418 e. The molecular formula is C13H22N4O7S. The van der Waals surface area contributed by atoms with Gasteiger partial charge in [0.25, 0.3) is 5.91 Å². The quantitative estimate of drug-likeness (QED) is 0.417. The van der Waals surface area contributed by atoms with Crippen LogP contribution in [0.3, 0.4) is 0 Å². The van der Waals surface area contributed by atoms with E-state index in [4.69, 9.17) is 9.39 Å². The van der Waals surface area contributed by atoms with Gasteiger partial charge < -0.3 is 10.2 Å². The molecule has 11 nitrogen and oxygen atoms in total. The van der Waals surface area contributed by atoms with E-state index in [1.54, 1.807) is 0 Å². The lowest BCUT2D eigenvalue weighted by Gasteiger charge is -2.29. The van der Waals surface area contributed by atoms with Crippen molar-refractivity contribution in [1.82, 2.24) is 20.8 Å². The highest BCUT2D eigenvalue weighted by Crippen LogP contribution is 2.30. The number of fused-ring (bicyclic) bond motifs is 2. The van der Waals surface area contributed by atoms with Gasteiger partial charge in [0.15, 0.2) is 0 Å². The first-order chi connectivity index (χ1) is 11.8. The summed E-state index contributed by atoms with van der Waals surface area (Å²) in [6.45, 7) is 1.72. The van der Waals surface area contributed by atoms with E-state index in [1.165, 1.54) is 4.90 Å². The summed E-state index contributed by atoms with van der Waals surface area (Å²) in [6, 6.07) is -2.06.